The van der Waals surface area contributed by atoms with Crippen molar-refractivity contribution in [3.05, 3.63) is 69.4 Å². The summed E-state index contributed by atoms with van der Waals surface area (Å²) in [5, 5.41) is 9.01. The van der Waals surface area contributed by atoms with Crippen LogP contribution in [0, 0.1) is 0 Å². The van der Waals surface area contributed by atoms with E-state index in [1.807, 2.05) is 18.2 Å². The highest BCUT2D eigenvalue weighted by atomic mass is 35.5. The van der Waals surface area contributed by atoms with Crippen LogP contribution in [0.15, 0.2) is 48.0 Å². The maximum atomic E-state index is 13.0. The van der Waals surface area contributed by atoms with Gasteiger partial charge in [0.1, 0.15) is 5.69 Å². The Bertz CT molecular complexity index is 1080. The number of methoxy groups -OCH3 is 1. The normalized spacial score (nSPS) is 10.6. The van der Waals surface area contributed by atoms with Crippen LogP contribution < -0.4 is 10.6 Å². The average Bonchev–Trinajstić information content (AvgIpc) is 3.29. The number of hydrogen-bond acceptors (Lipinski definition) is 7. The van der Waals surface area contributed by atoms with Crippen LogP contribution in [0.25, 0.3) is 0 Å². The summed E-state index contributed by atoms with van der Waals surface area (Å²) >= 11 is 13.3. The molecule has 174 valence electrons. The Kier molecular flexibility index (Phi) is 9.44. The number of aromatic nitrogens is 2. The molecule has 8 nitrogen and oxygen atoms in total. The van der Waals surface area contributed by atoms with Crippen LogP contribution in [0.5, 0.6) is 0 Å². The predicted molar refractivity (Wildman–Crippen MR) is 130 cm³/mol. The minimum atomic E-state index is -0.275. The Labute approximate surface area is 205 Å². The molecule has 0 aliphatic heterocycles. The number of carbonyl (C=O) groups excluding carboxylic acids is 2. The summed E-state index contributed by atoms with van der Waals surface area (Å²) in [6, 6.07) is 10.6. The zero-order valence-corrected chi connectivity index (χ0v) is 20.2. The summed E-state index contributed by atoms with van der Waals surface area (Å²) in [6.45, 7) is 1.26. The molecule has 0 saturated carbocycles. The van der Waals surface area contributed by atoms with Crippen molar-refractivity contribution in [3.8, 4) is 0 Å². The molecule has 2 aromatic heterocycles. The van der Waals surface area contributed by atoms with Crippen molar-refractivity contribution in [2.45, 2.75) is 13.0 Å². The first kappa shape index (κ1) is 24.9. The van der Waals surface area contributed by atoms with Gasteiger partial charge in [-0.05, 0) is 30.3 Å². The van der Waals surface area contributed by atoms with Gasteiger partial charge >= 0.3 is 0 Å². The van der Waals surface area contributed by atoms with Crippen molar-refractivity contribution >= 4 is 57.2 Å². The molecule has 0 saturated heterocycles. The summed E-state index contributed by atoms with van der Waals surface area (Å²) in [4.78, 5) is 35.4. The topological polar surface area (TPSA) is 96.5 Å². The standard InChI is InChI=1S/C22H23Cl2N5O3S/c1-32-11-10-29(9-7-20(30)26-13-16-4-2-3-8-25-16)21(31)19-14-33-22(28-19)27-15-5-6-17(23)18(24)12-15/h2-6,8,12,14H,7,9-11,13H2,1H3,(H,26,30)(H,27,28). The Hall–Kier alpha value is -2.72. The third-order valence-corrected chi connectivity index (χ3v) is 6.05. The van der Waals surface area contributed by atoms with Crippen LogP contribution in [0.3, 0.4) is 0 Å². The van der Waals surface area contributed by atoms with Crippen molar-refractivity contribution in [2.24, 2.45) is 0 Å². The molecule has 0 bridgehead atoms. The molecule has 0 aliphatic rings. The van der Waals surface area contributed by atoms with Gasteiger partial charge in [-0.3, -0.25) is 14.6 Å². The lowest BCUT2D eigenvalue weighted by Gasteiger charge is -2.21. The second-order valence-electron chi connectivity index (χ2n) is 6.92. The fourth-order valence-electron chi connectivity index (χ4n) is 2.82. The lowest BCUT2D eigenvalue weighted by atomic mass is 10.3. The first-order valence-electron chi connectivity index (χ1n) is 10.1. The number of pyridine rings is 1. The van der Waals surface area contributed by atoms with E-state index in [1.54, 1.807) is 41.8 Å². The van der Waals surface area contributed by atoms with E-state index < -0.39 is 0 Å². The highest BCUT2D eigenvalue weighted by Crippen LogP contribution is 2.28. The maximum absolute atomic E-state index is 13.0. The van der Waals surface area contributed by atoms with Crippen LogP contribution in [0.2, 0.25) is 10.0 Å². The van der Waals surface area contributed by atoms with Gasteiger partial charge in [0.25, 0.3) is 5.91 Å². The molecule has 0 fully saturated rings. The molecule has 0 atom stereocenters. The first-order valence-corrected chi connectivity index (χ1v) is 11.7. The number of nitrogens with zero attached hydrogens (tertiary/aromatic N) is 3. The van der Waals surface area contributed by atoms with E-state index in [2.05, 4.69) is 20.6 Å². The summed E-state index contributed by atoms with van der Waals surface area (Å²) in [5.41, 5.74) is 1.76. The van der Waals surface area contributed by atoms with E-state index in [9.17, 15) is 9.59 Å². The fraction of sp³-hybridized carbons (Fsp3) is 0.273. The second-order valence-corrected chi connectivity index (χ2v) is 8.60. The van der Waals surface area contributed by atoms with Crippen molar-refractivity contribution < 1.29 is 14.3 Å². The average molecular weight is 508 g/mol. The Morgan fingerprint density at radius 3 is 2.73 bits per heavy atom. The Balaban J connectivity index is 1.57. The molecule has 3 rings (SSSR count). The zero-order chi connectivity index (χ0) is 23.6. The zero-order valence-electron chi connectivity index (χ0n) is 17.9. The quantitative estimate of drug-likeness (QED) is 0.399. The molecule has 0 unspecified atom stereocenters. The number of nitrogens with one attached hydrogen (secondary N) is 2. The number of halogens is 2. The SMILES string of the molecule is COCCN(CCC(=O)NCc1ccccn1)C(=O)c1csc(Nc2ccc(Cl)c(Cl)c2)n1. The largest absolute Gasteiger partial charge is 0.383 e. The van der Waals surface area contributed by atoms with Gasteiger partial charge in [0.2, 0.25) is 5.91 Å². The first-order chi connectivity index (χ1) is 16.0. The molecule has 0 radical (unpaired) electrons. The Morgan fingerprint density at radius 2 is 2.00 bits per heavy atom. The van der Waals surface area contributed by atoms with Gasteiger partial charge in [-0.2, -0.15) is 0 Å². The minimum absolute atomic E-state index is 0.154. The van der Waals surface area contributed by atoms with E-state index in [-0.39, 0.29) is 30.5 Å². The molecular formula is C22H23Cl2N5O3S. The number of thiazole rings is 1. The van der Waals surface area contributed by atoms with Crippen LogP contribution in [-0.2, 0) is 16.1 Å². The Morgan fingerprint density at radius 1 is 1.15 bits per heavy atom. The number of benzene rings is 1. The van der Waals surface area contributed by atoms with Crippen LogP contribution in [0.1, 0.15) is 22.6 Å². The molecule has 11 heteroatoms. The number of hydrogen-bond donors (Lipinski definition) is 2. The lowest BCUT2D eigenvalue weighted by molar-refractivity contribution is -0.121. The van der Waals surface area contributed by atoms with E-state index in [0.717, 1.165) is 5.69 Å². The van der Waals surface area contributed by atoms with Gasteiger partial charge < -0.3 is 20.3 Å². The van der Waals surface area contributed by atoms with E-state index >= 15 is 0 Å². The molecule has 33 heavy (non-hydrogen) atoms. The van der Waals surface area contributed by atoms with Crippen molar-refractivity contribution in [1.82, 2.24) is 20.2 Å². The molecule has 3 aromatic rings. The molecule has 1 aromatic carbocycles. The summed E-state index contributed by atoms with van der Waals surface area (Å²) in [5.74, 6) is -0.445. The van der Waals surface area contributed by atoms with Gasteiger partial charge in [0, 0.05) is 43.9 Å². The maximum Gasteiger partial charge on any atom is 0.273 e. The van der Waals surface area contributed by atoms with E-state index in [4.69, 9.17) is 27.9 Å². The number of rotatable bonds is 11. The van der Waals surface area contributed by atoms with E-state index in [0.29, 0.717) is 40.6 Å². The van der Waals surface area contributed by atoms with Gasteiger partial charge in [0.05, 0.1) is 28.9 Å². The summed E-state index contributed by atoms with van der Waals surface area (Å²) in [6.07, 6.45) is 1.83. The molecular weight excluding hydrogens is 485 g/mol. The third-order valence-electron chi connectivity index (χ3n) is 4.55. The van der Waals surface area contributed by atoms with Crippen LogP contribution >= 0.6 is 34.5 Å². The second kappa shape index (κ2) is 12.5. The van der Waals surface area contributed by atoms with Crippen LogP contribution in [0.4, 0.5) is 10.8 Å². The van der Waals surface area contributed by atoms with Gasteiger partial charge in [-0.15, -0.1) is 11.3 Å². The van der Waals surface area contributed by atoms with Gasteiger partial charge in [0.15, 0.2) is 5.13 Å². The summed E-state index contributed by atoms with van der Waals surface area (Å²) in [7, 11) is 1.56. The van der Waals surface area contributed by atoms with Gasteiger partial charge in [-0.1, -0.05) is 29.3 Å². The molecule has 2 amide bonds. The monoisotopic (exact) mass is 507 g/mol. The molecule has 0 aliphatic carbocycles. The number of carbonyl (C=O) groups is 2. The smallest absolute Gasteiger partial charge is 0.273 e. The number of anilines is 2. The molecule has 2 N–H and O–H groups in total. The highest BCUT2D eigenvalue weighted by Gasteiger charge is 2.20. The third kappa shape index (κ3) is 7.68. The fourth-order valence-corrected chi connectivity index (χ4v) is 3.82. The number of amides is 2. The van der Waals surface area contributed by atoms with Crippen molar-refractivity contribution in [1.29, 1.82) is 0 Å². The molecule has 2 heterocycles. The highest BCUT2D eigenvalue weighted by molar-refractivity contribution is 7.14. The van der Waals surface area contributed by atoms with E-state index in [1.165, 1.54) is 11.3 Å². The van der Waals surface area contributed by atoms with Crippen molar-refractivity contribution in [2.75, 3.05) is 32.1 Å². The number of ether oxygens (including phenoxy) is 1. The predicted octanol–water partition coefficient (Wildman–Crippen LogP) is 4.38. The minimum Gasteiger partial charge on any atom is -0.383 e. The molecule has 0 spiro atoms. The summed E-state index contributed by atoms with van der Waals surface area (Å²) < 4.78 is 5.12. The lowest BCUT2D eigenvalue weighted by Crippen LogP contribution is -2.37. The van der Waals surface area contributed by atoms with Crippen molar-refractivity contribution in [3.63, 3.8) is 0 Å². The van der Waals surface area contributed by atoms with Crippen LogP contribution in [-0.4, -0.2) is 53.5 Å². The van der Waals surface area contributed by atoms with Gasteiger partial charge in [-0.25, -0.2) is 4.98 Å².